The Morgan fingerprint density at radius 1 is 0.692 bits per heavy atom. The summed E-state index contributed by atoms with van der Waals surface area (Å²) in [4.78, 5) is 88.2. The number of carboxylic acid groups (broad SMARTS) is 1. The molecule has 0 aliphatic carbocycles. The summed E-state index contributed by atoms with van der Waals surface area (Å²) in [6.45, 7) is -1.09. The molecule has 0 saturated carbocycles. The van der Waals surface area contributed by atoms with Gasteiger partial charge < -0.3 is 75.6 Å². The first kappa shape index (κ1) is 45.1. The second-order valence-electron chi connectivity index (χ2n) is 11.9. The SMILES string of the molecule is NCCCC[C@H](NC(=O)[C@@H](N)CCCCN)C(=O)N[C@@H](Cc1cnc[nH]1)C(=O)N[C@@H](CCCN=C(N)N)C(=O)N[C@@H](CO)C(=O)N[C@@H](CO)C(=O)O. The van der Waals surface area contributed by atoms with E-state index < -0.39 is 85.0 Å². The molecule has 6 atom stereocenters. The Balaban J connectivity index is 3.29. The van der Waals surface area contributed by atoms with E-state index in [1.54, 1.807) is 0 Å². The van der Waals surface area contributed by atoms with Crippen LogP contribution in [0.15, 0.2) is 17.5 Å². The molecule has 0 aliphatic rings. The van der Waals surface area contributed by atoms with Crippen LogP contribution in [0.25, 0.3) is 0 Å². The molecule has 19 N–H and O–H groups in total. The minimum Gasteiger partial charge on any atom is -0.480 e. The Labute approximate surface area is 300 Å². The summed E-state index contributed by atoms with van der Waals surface area (Å²) < 4.78 is 0. The highest BCUT2D eigenvalue weighted by atomic mass is 16.4. The minimum atomic E-state index is -1.71. The smallest absolute Gasteiger partial charge is 0.328 e. The zero-order valence-electron chi connectivity index (χ0n) is 29.1. The monoisotopic (exact) mass is 741 g/mol. The highest BCUT2D eigenvalue weighted by Crippen LogP contribution is 2.08. The third-order valence-corrected chi connectivity index (χ3v) is 7.69. The van der Waals surface area contributed by atoms with Crippen LogP contribution in [0.1, 0.15) is 57.1 Å². The number of imidazole rings is 1. The molecule has 1 aromatic heterocycles. The number of H-pyrrole nitrogens is 1. The number of aliphatic imine (C=N–C) groups is 1. The van der Waals surface area contributed by atoms with Crippen molar-refractivity contribution in [3.63, 3.8) is 0 Å². The molecule has 0 saturated heterocycles. The number of carbonyl (C=O) groups excluding carboxylic acids is 5. The van der Waals surface area contributed by atoms with E-state index in [1.165, 1.54) is 12.5 Å². The largest absolute Gasteiger partial charge is 0.480 e. The second-order valence-corrected chi connectivity index (χ2v) is 11.9. The number of aliphatic hydroxyl groups excluding tert-OH is 2. The molecule has 0 unspecified atom stereocenters. The predicted octanol–water partition coefficient (Wildman–Crippen LogP) is -5.92. The number of guanidine groups is 1. The van der Waals surface area contributed by atoms with E-state index in [-0.39, 0.29) is 38.2 Å². The highest BCUT2D eigenvalue weighted by molar-refractivity contribution is 5.96. The molecule has 0 aliphatic heterocycles. The quantitative estimate of drug-likeness (QED) is 0.0227. The van der Waals surface area contributed by atoms with Gasteiger partial charge in [0, 0.05) is 24.9 Å². The number of hydrogen-bond acceptors (Lipinski definition) is 13. The third kappa shape index (κ3) is 17.4. The topological polar surface area (TPSA) is 394 Å². The fourth-order valence-electron chi connectivity index (χ4n) is 4.75. The van der Waals surface area contributed by atoms with E-state index in [9.17, 15) is 39.0 Å². The average molecular weight is 742 g/mol. The van der Waals surface area contributed by atoms with Crippen molar-refractivity contribution in [1.29, 1.82) is 0 Å². The number of aliphatic hydroxyl groups is 2. The Hall–Kier alpha value is -4.90. The van der Waals surface area contributed by atoms with Gasteiger partial charge in [-0.15, -0.1) is 0 Å². The number of aliphatic carboxylic acids is 1. The van der Waals surface area contributed by atoms with Crippen molar-refractivity contribution in [1.82, 2.24) is 36.6 Å². The van der Waals surface area contributed by atoms with Crippen molar-refractivity contribution >= 4 is 41.5 Å². The fourth-order valence-corrected chi connectivity index (χ4v) is 4.75. The van der Waals surface area contributed by atoms with Gasteiger partial charge in [0.05, 0.1) is 25.6 Å². The molecule has 0 fully saturated rings. The Kier molecular flexibility index (Phi) is 21.8. The maximum atomic E-state index is 13.8. The van der Waals surface area contributed by atoms with E-state index in [0.29, 0.717) is 50.9 Å². The van der Waals surface area contributed by atoms with Crippen molar-refractivity contribution < 1.29 is 44.1 Å². The Morgan fingerprint density at radius 2 is 1.17 bits per heavy atom. The first-order valence-corrected chi connectivity index (χ1v) is 16.9. The van der Waals surface area contributed by atoms with Crippen LogP contribution in [0.3, 0.4) is 0 Å². The number of amides is 5. The number of nitrogens with zero attached hydrogens (tertiary/aromatic N) is 2. The number of rotatable bonds is 27. The number of aromatic amines is 1. The van der Waals surface area contributed by atoms with E-state index in [0.717, 1.165) is 0 Å². The fraction of sp³-hybridized carbons (Fsp3) is 0.667. The van der Waals surface area contributed by atoms with Crippen LogP contribution in [0.5, 0.6) is 0 Å². The molecular weight excluding hydrogens is 686 g/mol. The lowest BCUT2D eigenvalue weighted by atomic mass is 10.0. The zero-order valence-corrected chi connectivity index (χ0v) is 29.1. The zero-order chi connectivity index (χ0) is 39.1. The van der Waals surface area contributed by atoms with Gasteiger partial charge in [0.25, 0.3) is 0 Å². The summed E-state index contributed by atoms with van der Waals surface area (Å²) in [5, 5.41) is 40.3. The molecule has 22 heteroatoms. The molecule has 1 heterocycles. The first-order valence-electron chi connectivity index (χ1n) is 16.9. The van der Waals surface area contributed by atoms with Gasteiger partial charge in [-0.2, -0.15) is 0 Å². The van der Waals surface area contributed by atoms with Crippen LogP contribution in [-0.4, -0.2) is 136 Å². The van der Waals surface area contributed by atoms with Crippen molar-refractivity contribution in [3.05, 3.63) is 18.2 Å². The lowest BCUT2D eigenvalue weighted by molar-refractivity contribution is -0.143. The molecule has 22 nitrogen and oxygen atoms in total. The summed E-state index contributed by atoms with van der Waals surface area (Å²) in [5.74, 6) is -5.95. The standard InChI is InChI=1S/C30H55N13O9/c31-9-3-1-6-18(33)24(46)39-19(7-2-4-10-32)25(47)41-21(12-17-13-36-16-38-17)27(49)40-20(8-5-11-37-30(34)35)26(48)42-22(14-44)28(50)43-23(15-45)29(51)52/h13,16,18-23,44-45H,1-12,14-15,31-33H2,(H,36,38)(H,39,46)(H,40,49)(H,41,47)(H,42,48)(H,43,50)(H,51,52)(H4,34,35,37)/t18-,19-,20-,21-,22-,23-/m0/s1. The van der Waals surface area contributed by atoms with E-state index in [1.807, 2.05) is 5.32 Å². The van der Waals surface area contributed by atoms with Crippen LogP contribution >= 0.6 is 0 Å². The number of unbranched alkanes of at least 4 members (excludes halogenated alkanes) is 2. The molecule has 0 bridgehead atoms. The lowest BCUT2D eigenvalue weighted by Crippen LogP contribution is -2.60. The van der Waals surface area contributed by atoms with Crippen LogP contribution in [-0.2, 0) is 35.2 Å². The number of nitrogens with two attached hydrogens (primary N) is 5. The molecule has 1 rings (SSSR count). The lowest BCUT2D eigenvalue weighted by Gasteiger charge is -2.27. The Bertz CT molecular complexity index is 1300. The second kappa shape index (κ2) is 25.1. The first-order chi connectivity index (χ1) is 24.8. The van der Waals surface area contributed by atoms with Gasteiger partial charge in [-0.05, 0) is 58.0 Å². The molecule has 0 aromatic carbocycles. The maximum absolute atomic E-state index is 13.8. The average Bonchev–Trinajstić information content (AvgIpc) is 3.62. The molecule has 1 aromatic rings. The van der Waals surface area contributed by atoms with Crippen molar-refractivity contribution in [2.45, 2.75) is 94.0 Å². The van der Waals surface area contributed by atoms with Gasteiger partial charge in [0.2, 0.25) is 29.5 Å². The van der Waals surface area contributed by atoms with Gasteiger partial charge >= 0.3 is 5.97 Å². The summed E-state index contributed by atoms with van der Waals surface area (Å²) in [6.07, 6.45) is 5.55. The number of aromatic nitrogens is 2. The van der Waals surface area contributed by atoms with Gasteiger partial charge in [-0.25, -0.2) is 9.78 Å². The van der Waals surface area contributed by atoms with Gasteiger partial charge in [-0.1, -0.05) is 6.42 Å². The number of carbonyl (C=O) groups is 6. The van der Waals surface area contributed by atoms with Crippen molar-refractivity contribution in [2.24, 2.45) is 33.7 Å². The molecular formula is C30H55N13O9. The normalized spacial score (nSPS) is 14.4. The number of hydrogen-bond donors (Lipinski definition) is 14. The van der Waals surface area contributed by atoms with Crippen LogP contribution < -0.4 is 55.3 Å². The van der Waals surface area contributed by atoms with E-state index in [4.69, 9.17) is 33.8 Å². The summed E-state index contributed by atoms with van der Waals surface area (Å²) in [6, 6.07) is -8.08. The minimum absolute atomic E-state index is 0.0511. The van der Waals surface area contributed by atoms with E-state index >= 15 is 0 Å². The van der Waals surface area contributed by atoms with Crippen LogP contribution in [0.4, 0.5) is 0 Å². The number of carboxylic acids is 1. The van der Waals surface area contributed by atoms with Crippen molar-refractivity contribution in [3.8, 4) is 0 Å². The molecule has 0 radical (unpaired) electrons. The number of nitrogens with one attached hydrogen (secondary N) is 6. The molecule has 52 heavy (non-hydrogen) atoms. The van der Waals surface area contributed by atoms with Gasteiger partial charge in [-0.3, -0.25) is 29.0 Å². The summed E-state index contributed by atoms with van der Waals surface area (Å²) in [7, 11) is 0. The van der Waals surface area contributed by atoms with E-state index in [2.05, 4.69) is 36.2 Å². The summed E-state index contributed by atoms with van der Waals surface area (Å²) >= 11 is 0. The van der Waals surface area contributed by atoms with Crippen LogP contribution in [0, 0.1) is 0 Å². The maximum Gasteiger partial charge on any atom is 0.328 e. The molecule has 294 valence electrons. The Morgan fingerprint density at radius 3 is 1.69 bits per heavy atom. The predicted molar refractivity (Wildman–Crippen MR) is 187 cm³/mol. The van der Waals surface area contributed by atoms with Gasteiger partial charge in [0.15, 0.2) is 5.96 Å². The van der Waals surface area contributed by atoms with Crippen LogP contribution in [0.2, 0.25) is 0 Å². The van der Waals surface area contributed by atoms with Crippen molar-refractivity contribution in [2.75, 3.05) is 32.8 Å². The highest BCUT2D eigenvalue weighted by Gasteiger charge is 2.33. The molecule has 0 spiro atoms. The third-order valence-electron chi connectivity index (χ3n) is 7.69. The van der Waals surface area contributed by atoms with Gasteiger partial charge in [0.1, 0.15) is 30.2 Å². The molecule has 5 amide bonds. The summed E-state index contributed by atoms with van der Waals surface area (Å²) in [5.41, 5.74) is 28.4.